The number of carbonyl (C=O) groups is 1. The number of fused-ring (bicyclic) bond motifs is 1. The molecule has 24 heavy (non-hydrogen) atoms. The van der Waals surface area contributed by atoms with Crippen LogP contribution in [-0.4, -0.2) is 25.6 Å². The Kier molecular flexibility index (Phi) is 4.25. The molecular weight excluding hydrogens is 348 g/mol. The lowest BCUT2D eigenvalue weighted by Crippen LogP contribution is -2.07. The first-order valence-corrected chi connectivity index (χ1v) is 9.68. The zero-order valence-corrected chi connectivity index (χ0v) is 14.6. The number of furan rings is 1. The first kappa shape index (κ1) is 16.4. The minimum Gasteiger partial charge on any atom is -0.462 e. The maximum Gasteiger partial charge on any atom is 0.250 e. The molecule has 1 aromatic carbocycles. The van der Waals surface area contributed by atoms with Crippen molar-refractivity contribution in [1.82, 2.24) is 4.98 Å². The smallest absolute Gasteiger partial charge is 0.250 e. The molecule has 0 saturated heterocycles. The van der Waals surface area contributed by atoms with E-state index in [1.165, 1.54) is 23.5 Å². The summed E-state index contributed by atoms with van der Waals surface area (Å²) in [5.41, 5.74) is 0.633. The maximum absolute atomic E-state index is 11.9. The topological polar surface area (TPSA) is 89.3 Å². The van der Waals surface area contributed by atoms with Gasteiger partial charge in [0.2, 0.25) is 5.91 Å². The van der Waals surface area contributed by atoms with Gasteiger partial charge in [0, 0.05) is 12.3 Å². The molecule has 0 bridgehead atoms. The summed E-state index contributed by atoms with van der Waals surface area (Å²) < 4.78 is 29.2. The van der Waals surface area contributed by atoms with Crippen LogP contribution in [0.25, 0.3) is 16.3 Å². The molecule has 2 heterocycles. The maximum atomic E-state index is 11.9. The van der Waals surface area contributed by atoms with Crippen LogP contribution in [0.1, 0.15) is 11.5 Å². The summed E-state index contributed by atoms with van der Waals surface area (Å²) in [7, 11) is -3.28. The molecule has 0 saturated carbocycles. The van der Waals surface area contributed by atoms with Crippen LogP contribution < -0.4 is 5.32 Å². The second-order valence-corrected chi connectivity index (χ2v) is 8.24. The zero-order valence-electron chi connectivity index (χ0n) is 12.9. The van der Waals surface area contributed by atoms with Crippen molar-refractivity contribution in [3.8, 4) is 0 Å². The second-order valence-electron chi connectivity index (χ2n) is 5.19. The van der Waals surface area contributed by atoms with Gasteiger partial charge in [-0.2, -0.15) is 0 Å². The first-order valence-electron chi connectivity index (χ1n) is 6.97. The van der Waals surface area contributed by atoms with E-state index in [1.807, 2.05) is 13.0 Å². The summed E-state index contributed by atoms with van der Waals surface area (Å²) in [6.45, 7) is 1.82. The van der Waals surface area contributed by atoms with Crippen LogP contribution in [0.4, 0.5) is 5.13 Å². The normalized spacial score (nSPS) is 12.1. The summed E-state index contributed by atoms with van der Waals surface area (Å²) >= 11 is 1.22. The number of thiazole rings is 1. The number of carbonyl (C=O) groups excluding carboxylic acids is 1. The van der Waals surface area contributed by atoms with Crippen LogP contribution in [0.15, 0.2) is 45.7 Å². The molecule has 3 aromatic rings. The number of benzene rings is 1. The quantitative estimate of drug-likeness (QED) is 0.720. The number of nitrogens with one attached hydrogen (secondary N) is 1. The molecular formula is C16H14N2O4S2. The lowest BCUT2D eigenvalue weighted by molar-refractivity contribution is -0.111. The second kappa shape index (κ2) is 6.21. The molecule has 124 valence electrons. The SMILES string of the molecule is Cc1ccc(C=CC(=O)Nc2nc3ccc(S(C)(=O)=O)cc3s2)o1. The number of hydrogen-bond acceptors (Lipinski definition) is 6. The van der Waals surface area contributed by atoms with Crippen molar-refractivity contribution in [2.45, 2.75) is 11.8 Å². The van der Waals surface area contributed by atoms with Crippen molar-refractivity contribution in [3.63, 3.8) is 0 Å². The van der Waals surface area contributed by atoms with Crippen LogP contribution in [0, 0.1) is 6.92 Å². The van der Waals surface area contributed by atoms with E-state index >= 15 is 0 Å². The highest BCUT2D eigenvalue weighted by Gasteiger charge is 2.11. The summed E-state index contributed by atoms with van der Waals surface area (Å²) in [6.07, 6.45) is 4.07. The fourth-order valence-corrected chi connectivity index (χ4v) is 3.67. The van der Waals surface area contributed by atoms with E-state index in [9.17, 15) is 13.2 Å². The number of amides is 1. The van der Waals surface area contributed by atoms with Gasteiger partial charge in [0.25, 0.3) is 0 Å². The monoisotopic (exact) mass is 362 g/mol. The predicted molar refractivity (Wildman–Crippen MR) is 93.8 cm³/mol. The summed E-state index contributed by atoms with van der Waals surface area (Å²) in [5, 5.41) is 3.06. The Labute approximate surface area is 142 Å². The van der Waals surface area contributed by atoms with Gasteiger partial charge in [-0.15, -0.1) is 0 Å². The number of aryl methyl sites for hydroxylation is 1. The van der Waals surface area contributed by atoms with E-state index in [2.05, 4.69) is 10.3 Å². The Morgan fingerprint density at radius 3 is 2.75 bits per heavy atom. The fourth-order valence-electron chi connectivity index (χ4n) is 2.04. The summed E-state index contributed by atoms with van der Waals surface area (Å²) in [4.78, 5) is 16.4. The van der Waals surface area contributed by atoms with E-state index in [4.69, 9.17) is 4.42 Å². The Morgan fingerprint density at radius 1 is 1.29 bits per heavy atom. The third-order valence-electron chi connectivity index (χ3n) is 3.18. The predicted octanol–water partition coefficient (Wildman–Crippen LogP) is 3.25. The van der Waals surface area contributed by atoms with E-state index < -0.39 is 9.84 Å². The molecule has 0 aliphatic carbocycles. The molecule has 0 atom stereocenters. The molecule has 8 heteroatoms. The van der Waals surface area contributed by atoms with Gasteiger partial charge in [-0.25, -0.2) is 13.4 Å². The average molecular weight is 362 g/mol. The van der Waals surface area contributed by atoms with Crippen molar-refractivity contribution in [2.24, 2.45) is 0 Å². The third-order valence-corrected chi connectivity index (χ3v) is 5.22. The van der Waals surface area contributed by atoms with Crippen molar-refractivity contribution >= 4 is 48.5 Å². The largest absolute Gasteiger partial charge is 0.462 e. The minimum absolute atomic E-state index is 0.226. The van der Waals surface area contributed by atoms with Crippen LogP contribution >= 0.6 is 11.3 Å². The molecule has 0 spiro atoms. The average Bonchev–Trinajstić information content (AvgIpc) is 3.08. The molecule has 0 aliphatic rings. The highest BCUT2D eigenvalue weighted by molar-refractivity contribution is 7.90. The lowest BCUT2D eigenvalue weighted by atomic mass is 10.3. The molecule has 6 nitrogen and oxygen atoms in total. The molecule has 3 rings (SSSR count). The van der Waals surface area contributed by atoms with E-state index in [0.29, 0.717) is 21.1 Å². The third kappa shape index (κ3) is 3.72. The van der Waals surface area contributed by atoms with E-state index in [-0.39, 0.29) is 10.8 Å². The highest BCUT2D eigenvalue weighted by atomic mass is 32.2. The van der Waals surface area contributed by atoms with Gasteiger partial charge in [-0.05, 0) is 43.3 Å². The number of anilines is 1. The molecule has 0 aliphatic heterocycles. The van der Waals surface area contributed by atoms with Gasteiger partial charge in [-0.1, -0.05) is 11.3 Å². The Morgan fingerprint density at radius 2 is 2.08 bits per heavy atom. The molecule has 1 amide bonds. The van der Waals surface area contributed by atoms with Crippen molar-refractivity contribution in [2.75, 3.05) is 11.6 Å². The molecule has 0 fully saturated rings. The number of hydrogen-bond donors (Lipinski definition) is 1. The molecule has 1 N–H and O–H groups in total. The van der Waals surface area contributed by atoms with Crippen molar-refractivity contribution < 1.29 is 17.6 Å². The van der Waals surface area contributed by atoms with Crippen LogP contribution in [-0.2, 0) is 14.6 Å². The van der Waals surface area contributed by atoms with Gasteiger partial charge < -0.3 is 4.42 Å². The molecule has 2 aromatic heterocycles. The summed E-state index contributed by atoms with van der Waals surface area (Å²) in [5.74, 6) is 1.01. The fraction of sp³-hybridized carbons (Fsp3) is 0.125. The minimum atomic E-state index is -3.28. The van der Waals surface area contributed by atoms with Gasteiger partial charge in [0.05, 0.1) is 15.1 Å². The Bertz CT molecular complexity index is 1050. The molecule has 0 unspecified atom stereocenters. The van der Waals surface area contributed by atoms with Gasteiger partial charge in [0.1, 0.15) is 11.5 Å². The van der Waals surface area contributed by atoms with Crippen molar-refractivity contribution in [3.05, 3.63) is 47.9 Å². The van der Waals surface area contributed by atoms with Crippen LogP contribution in [0.3, 0.4) is 0 Å². The first-order chi connectivity index (χ1) is 11.3. The lowest BCUT2D eigenvalue weighted by Gasteiger charge is -1.96. The van der Waals surface area contributed by atoms with Crippen LogP contribution in [0.5, 0.6) is 0 Å². The van der Waals surface area contributed by atoms with Gasteiger partial charge >= 0.3 is 0 Å². The van der Waals surface area contributed by atoms with E-state index in [0.717, 1.165) is 12.0 Å². The summed E-state index contributed by atoms with van der Waals surface area (Å²) in [6, 6.07) is 8.26. The van der Waals surface area contributed by atoms with E-state index in [1.54, 1.807) is 24.3 Å². The number of rotatable bonds is 4. The van der Waals surface area contributed by atoms with Crippen molar-refractivity contribution in [1.29, 1.82) is 0 Å². The number of aromatic nitrogens is 1. The highest BCUT2D eigenvalue weighted by Crippen LogP contribution is 2.28. The Hall–Kier alpha value is -2.45. The van der Waals surface area contributed by atoms with Crippen LogP contribution in [0.2, 0.25) is 0 Å². The standard InChI is InChI=1S/C16H14N2O4S2/c1-10-3-4-11(22-10)5-8-15(19)18-16-17-13-7-6-12(24(2,20)21)9-14(13)23-16/h3-9H,1-2H3,(H,17,18,19). The zero-order chi connectivity index (χ0) is 17.3. The number of sulfone groups is 1. The van der Waals surface area contributed by atoms with Gasteiger partial charge in [0.15, 0.2) is 15.0 Å². The van der Waals surface area contributed by atoms with Gasteiger partial charge in [-0.3, -0.25) is 10.1 Å². The Balaban J connectivity index is 1.77. The number of nitrogens with zero attached hydrogens (tertiary/aromatic N) is 1. The molecule has 0 radical (unpaired) electrons.